The summed E-state index contributed by atoms with van der Waals surface area (Å²) in [5, 5.41) is 21.7. The van der Waals surface area contributed by atoms with Gasteiger partial charge in [-0.1, -0.05) is 0 Å². The Balaban J connectivity index is 2.37. The van der Waals surface area contributed by atoms with Gasteiger partial charge in [0.1, 0.15) is 5.75 Å². The first kappa shape index (κ1) is 16.1. The molecule has 0 atom stereocenters. The fourth-order valence-electron chi connectivity index (χ4n) is 2.00. The van der Waals surface area contributed by atoms with E-state index >= 15 is 0 Å². The summed E-state index contributed by atoms with van der Waals surface area (Å²) in [6.07, 6.45) is 0. The molecular weight excluding hydrogens is 304 g/mol. The van der Waals surface area contributed by atoms with Crippen molar-refractivity contribution in [3.05, 3.63) is 73.8 Å². The van der Waals surface area contributed by atoms with Crippen molar-refractivity contribution < 1.29 is 19.4 Å². The lowest BCUT2D eigenvalue weighted by atomic mass is 10.0. The molecule has 2 aromatic rings. The van der Waals surface area contributed by atoms with Gasteiger partial charge in [-0.05, 0) is 37.3 Å². The third kappa shape index (κ3) is 3.49. The largest absolute Gasteiger partial charge is 0.494 e. The summed E-state index contributed by atoms with van der Waals surface area (Å²) in [6, 6.07) is 9.34. The summed E-state index contributed by atoms with van der Waals surface area (Å²) in [6.45, 7) is 2.32. The number of rotatable bonds is 6. The van der Waals surface area contributed by atoms with Crippen LogP contribution in [0.1, 0.15) is 22.8 Å². The zero-order chi connectivity index (χ0) is 17.0. The molecule has 0 aliphatic rings. The molecule has 0 fully saturated rings. The summed E-state index contributed by atoms with van der Waals surface area (Å²) in [5.41, 5.74) is -1.06. The number of hydrogen-bond donors (Lipinski definition) is 0. The average molecular weight is 316 g/mol. The van der Waals surface area contributed by atoms with E-state index in [9.17, 15) is 25.0 Å². The van der Waals surface area contributed by atoms with E-state index < -0.39 is 27.0 Å². The number of nitro benzene ring substituents is 2. The Hall–Kier alpha value is -3.29. The van der Waals surface area contributed by atoms with E-state index in [1.54, 1.807) is 12.1 Å². The molecule has 0 saturated heterocycles. The van der Waals surface area contributed by atoms with E-state index in [2.05, 4.69) is 0 Å². The lowest BCUT2D eigenvalue weighted by molar-refractivity contribution is -0.422. The number of ether oxygens (including phenoxy) is 1. The molecule has 0 heterocycles. The van der Waals surface area contributed by atoms with Crippen LogP contribution in [0.15, 0.2) is 42.5 Å². The van der Waals surface area contributed by atoms with Crippen molar-refractivity contribution in [1.82, 2.24) is 0 Å². The van der Waals surface area contributed by atoms with Gasteiger partial charge in [-0.3, -0.25) is 25.0 Å². The monoisotopic (exact) mass is 316 g/mol. The van der Waals surface area contributed by atoms with Gasteiger partial charge in [0.25, 0.3) is 0 Å². The first-order valence-electron chi connectivity index (χ1n) is 6.64. The van der Waals surface area contributed by atoms with Gasteiger partial charge >= 0.3 is 11.4 Å². The van der Waals surface area contributed by atoms with Gasteiger partial charge in [-0.2, -0.15) is 0 Å². The Morgan fingerprint density at radius 3 is 2.04 bits per heavy atom. The Bertz CT molecular complexity index is 770. The van der Waals surface area contributed by atoms with E-state index in [1.165, 1.54) is 18.2 Å². The summed E-state index contributed by atoms with van der Waals surface area (Å²) in [4.78, 5) is 32.3. The van der Waals surface area contributed by atoms with Crippen LogP contribution in [-0.4, -0.2) is 22.2 Å². The number of benzene rings is 2. The predicted octanol–water partition coefficient (Wildman–Crippen LogP) is 3.13. The SMILES string of the molecule is CCOc1ccc(C(=O)c2ccc([N+](=O)[O-])c([N+](=O)[O-])c2)cc1. The Morgan fingerprint density at radius 1 is 0.957 bits per heavy atom. The van der Waals surface area contributed by atoms with Gasteiger partial charge in [-0.15, -0.1) is 0 Å². The Labute approximate surface area is 130 Å². The van der Waals surface area contributed by atoms with E-state index in [1.807, 2.05) is 6.92 Å². The van der Waals surface area contributed by atoms with E-state index in [-0.39, 0.29) is 5.56 Å². The molecule has 8 heteroatoms. The lowest BCUT2D eigenvalue weighted by Gasteiger charge is -2.05. The van der Waals surface area contributed by atoms with Crippen molar-refractivity contribution in [2.24, 2.45) is 0 Å². The second-order valence-corrected chi connectivity index (χ2v) is 4.50. The predicted molar refractivity (Wildman–Crippen MR) is 80.8 cm³/mol. The van der Waals surface area contributed by atoms with Gasteiger partial charge in [0, 0.05) is 23.3 Å². The first-order valence-corrected chi connectivity index (χ1v) is 6.64. The van der Waals surface area contributed by atoms with Crippen molar-refractivity contribution in [1.29, 1.82) is 0 Å². The third-order valence-electron chi connectivity index (χ3n) is 3.06. The molecule has 0 radical (unpaired) electrons. The highest BCUT2D eigenvalue weighted by Crippen LogP contribution is 2.28. The van der Waals surface area contributed by atoms with Gasteiger partial charge in [-0.25, -0.2) is 0 Å². The highest BCUT2D eigenvalue weighted by atomic mass is 16.6. The molecule has 0 saturated carbocycles. The van der Waals surface area contributed by atoms with Crippen LogP contribution in [0.5, 0.6) is 5.75 Å². The molecule has 2 aromatic carbocycles. The van der Waals surface area contributed by atoms with Crippen LogP contribution in [0.4, 0.5) is 11.4 Å². The van der Waals surface area contributed by atoms with E-state index in [0.717, 1.165) is 12.1 Å². The Kier molecular flexibility index (Phi) is 4.65. The molecule has 0 amide bonds. The fraction of sp³-hybridized carbons (Fsp3) is 0.133. The van der Waals surface area contributed by atoms with Crippen molar-refractivity contribution >= 4 is 17.2 Å². The van der Waals surface area contributed by atoms with Gasteiger partial charge in [0.2, 0.25) is 0 Å². The van der Waals surface area contributed by atoms with Crippen molar-refractivity contribution in [2.45, 2.75) is 6.92 Å². The van der Waals surface area contributed by atoms with Gasteiger partial charge in [0.05, 0.1) is 16.5 Å². The average Bonchev–Trinajstić information content (AvgIpc) is 2.54. The summed E-state index contributed by atoms with van der Waals surface area (Å²) < 4.78 is 5.26. The molecule has 8 nitrogen and oxygen atoms in total. The number of carbonyl (C=O) groups excluding carboxylic acids is 1. The molecule has 0 bridgehead atoms. The molecular formula is C15H12N2O6. The maximum atomic E-state index is 12.3. The number of ketones is 1. The topological polar surface area (TPSA) is 113 Å². The summed E-state index contributed by atoms with van der Waals surface area (Å²) >= 11 is 0. The second-order valence-electron chi connectivity index (χ2n) is 4.50. The van der Waals surface area contributed by atoms with Crippen LogP contribution < -0.4 is 4.74 Å². The normalized spacial score (nSPS) is 10.1. The zero-order valence-corrected chi connectivity index (χ0v) is 12.1. The fourth-order valence-corrected chi connectivity index (χ4v) is 2.00. The van der Waals surface area contributed by atoms with Crippen LogP contribution in [0.2, 0.25) is 0 Å². The zero-order valence-electron chi connectivity index (χ0n) is 12.1. The van der Waals surface area contributed by atoms with Gasteiger partial charge in [0.15, 0.2) is 5.78 Å². The van der Waals surface area contributed by atoms with Crippen LogP contribution in [0, 0.1) is 20.2 Å². The van der Waals surface area contributed by atoms with Crippen LogP contribution in [0.3, 0.4) is 0 Å². The second kappa shape index (κ2) is 6.65. The van der Waals surface area contributed by atoms with E-state index in [4.69, 9.17) is 4.74 Å². The number of hydrogen-bond acceptors (Lipinski definition) is 6. The maximum Gasteiger partial charge on any atom is 0.346 e. The smallest absolute Gasteiger partial charge is 0.346 e. The molecule has 23 heavy (non-hydrogen) atoms. The molecule has 0 spiro atoms. The van der Waals surface area contributed by atoms with Crippen molar-refractivity contribution in [2.75, 3.05) is 6.61 Å². The minimum Gasteiger partial charge on any atom is -0.494 e. The highest BCUT2D eigenvalue weighted by Gasteiger charge is 2.25. The number of carbonyl (C=O) groups is 1. The molecule has 118 valence electrons. The summed E-state index contributed by atoms with van der Waals surface area (Å²) in [5.74, 6) is 0.129. The van der Waals surface area contributed by atoms with Crippen LogP contribution >= 0.6 is 0 Å². The highest BCUT2D eigenvalue weighted by molar-refractivity contribution is 6.09. The van der Waals surface area contributed by atoms with Crippen LogP contribution in [-0.2, 0) is 0 Å². The molecule has 2 rings (SSSR count). The van der Waals surface area contributed by atoms with Crippen molar-refractivity contribution in [3.63, 3.8) is 0 Å². The number of nitro groups is 2. The standard InChI is InChI=1S/C15H12N2O6/c1-2-23-12-6-3-10(4-7-12)15(18)11-5-8-13(16(19)20)14(9-11)17(21)22/h3-9H,2H2,1H3. The molecule has 0 N–H and O–H groups in total. The minimum absolute atomic E-state index is 0.00598. The maximum absolute atomic E-state index is 12.3. The lowest BCUT2D eigenvalue weighted by Crippen LogP contribution is -2.04. The first-order chi connectivity index (χ1) is 10.9. The molecule has 0 aliphatic heterocycles. The molecule has 0 aliphatic carbocycles. The van der Waals surface area contributed by atoms with Gasteiger partial charge < -0.3 is 4.74 Å². The van der Waals surface area contributed by atoms with Crippen LogP contribution in [0.25, 0.3) is 0 Å². The van der Waals surface area contributed by atoms with Crippen molar-refractivity contribution in [3.8, 4) is 5.75 Å². The Morgan fingerprint density at radius 2 is 1.52 bits per heavy atom. The quantitative estimate of drug-likeness (QED) is 0.459. The third-order valence-corrected chi connectivity index (χ3v) is 3.06. The molecule has 0 aromatic heterocycles. The summed E-state index contributed by atoms with van der Waals surface area (Å²) in [7, 11) is 0. The minimum atomic E-state index is -0.882. The number of nitrogens with zero attached hydrogens (tertiary/aromatic N) is 2. The van der Waals surface area contributed by atoms with E-state index in [0.29, 0.717) is 17.9 Å². The molecule has 0 unspecified atom stereocenters.